The van der Waals surface area contributed by atoms with E-state index in [1.54, 1.807) is 24.3 Å². The molecule has 0 radical (unpaired) electrons. The molecular formula is C45H56O6. The van der Waals surface area contributed by atoms with Gasteiger partial charge in [0.15, 0.2) is 0 Å². The summed E-state index contributed by atoms with van der Waals surface area (Å²) in [5, 5.41) is 0. The lowest BCUT2D eigenvalue weighted by atomic mass is 9.97. The second-order valence-electron chi connectivity index (χ2n) is 13.3. The van der Waals surface area contributed by atoms with Crippen molar-refractivity contribution in [3.8, 4) is 23.0 Å². The van der Waals surface area contributed by atoms with Gasteiger partial charge in [0.05, 0.1) is 11.8 Å². The van der Waals surface area contributed by atoms with Crippen molar-refractivity contribution in [3.05, 3.63) is 120 Å². The predicted molar refractivity (Wildman–Crippen MR) is 204 cm³/mol. The number of rotatable bonds is 24. The van der Waals surface area contributed by atoms with Crippen molar-refractivity contribution in [2.45, 2.75) is 111 Å². The van der Waals surface area contributed by atoms with Gasteiger partial charge in [-0.3, -0.25) is 9.59 Å². The SMILES string of the molecule is CC[C@@H](CCCCCCCCCCC[C@H](CC)C(=O)Oc1ccc(OCc2ccccc2)cc1)C(=O)Oc1ccc(OCc2ccccc2)cc1. The summed E-state index contributed by atoms with van der Waals surface area (Å²) in [6.45, 7) is 5.12. The number of unbranched alkanes of at least 4 members (excludes halogenated alkanes) is 8. The van der Waals surface area contributed by atoms with Crippen molar-refractivity contribution in [3.63, 3.8) is 0 Å². The predicted octanol–water partition coefficient (Wildman–Crippen LogP) is 11.7. The molecule has 0 aliphatic carbocycles. The van der Waals surface area contributed by atoms with Crippen LogP contribution in [0.5, 0.6) is 23.0 Å². The second kappa shape index (κ2) is 23.0. The molecule has 4 rings (SSSR count). The van der Waals surface area contributed by atoms with Gasteiger partial charge < -0.3 is 18.9 Å². The Hall–Kier alpha value is -4.58. The summed E-state index contributed by atoms with van der Waals surface area (Å²) in [5.74, 6) is 2.17. The zero-order valence-corrected chi connectivity index (χ0v) is 30.6. The minimum Gasteiger partial charge on any atom is -0.489 e. The van der Waals surface area contributed by atoms with Crippen LogP contribution >= 0.6 is 0 Å². The largest absolute Gasteiger partial charge is 0.489 e. The molecule has 0 aromatic heterocycles. The molecule has 0 spiro atoms. The van der Waals surface area contributed by atoms with Gasteiger partial charge in [-0.15, -0.1) is 0 Å². The van der Waals surface area contributed by atoms with Gasteiger partial charge >= 0.3 is 11.9 Å². The maximum atomic E-state index is 12.8. The quantitative estimate of drug-likeness (QED) is 0.0413. The Balaban J connectivity index is 0.994. The summed E-state index contributed by atoms with van der Waals surface area (Å²) in [5.41, 5.74) is 2.22. The van der Waals surface area contributed by atoms with Crippen LogP contribution in [0.15, 0.2) is 109 Å². The van der Waals surface area contributed by atoms with Crippen LogP contribution in [0.1, 0.15) is 108 Å². The van der Waals surface area contributed by atoms with Gasteiger partial charge in [0.2, 0.25) is 0 Å². The summed E-state index contributed by atoms with van der Waals surface area (Å²) in [6, 6.07) is 34.6. The van der Waals surface area contributed by atoms with Gasteiger partial charge in [0.1, 0.15) is 36.2 Å². The van der Waals surface area contributed by atoms with E-state index in [-0.39, 0.29) is 23.8 Å². The molecule has 0 heterocycles. The first-order valence-electron chi connectivity index (χ1n) is 19.0. The maximum Gasteiger partial charge on any atom is 0.314 e. The summed E-state index contributed by atoms with van der Waals surface area (Å²) < 4.78 is 23.0. The van der Waals surface area contributed by atoms with E-state index >= 15 is 0 Å². The van der Waals surface area contributed by atoms with E-state index in [0.29, 0.717) is 24.7 Å². The van der Waals surface area contributed by atoms with Crippen LogP contribution in [0.25, 0.3) is 0 Å². The molecule has 0 saturated carbocycles. The Morgan fingerprint density at radius 3 is 1.08 bits per heavy atom. The van der Waals surface area contributed by atoms with Gasteiger partial charge in [-0.05, 0) is 85.3 Å². The lowest BCUT2D eigenvalue weighted by Crippen LogP contribution is -2.20. The molecule has 0 saturated heterocycles. The molecule has 51 heavy (non-hydrogen) atoms. The summed E-state index contributed by atoms with van der Waals surface area (Å²) in [7, 11) is 0. The first-order valence-corrected chi connectivity index (χ1v) is 19.0. The van der Waals surface area contributed by atoms with Crippen LogP contribution in [0.3, 0.4) is 0 Å². The first-order chi connectivity index (χ1) is 25.0. The van der Waals surface area contributed by atoms with Crippen LogP contribution in [0, 0.1) is 11.8 Å². The monoisotopic (exact) mass is 692 g/mol. The first kappa shape index (κ1) is 39.2. The highest BCUT2D eigenvalue weighted by atomic mass is 16.5. The van der Waals surface area contributed by atoms with Gasteiger partial charge in [0.25, 0.3) is 0 Å². The fraction of sp³-hybridized carbons (Fsp3) is 0.422. The molecule has 0 bridgehead atoms. The third-order valence-corrected chi connectivity index (χ3v) is 9.34. The van der Waals surface area contributed by atoms with Crippen molar-refractivity contribution >= 4 is 11.9 Å². The highest BCUT2D eigenvalue weighted by Gasteiger charge is 2.19. The number of hydrogen-bond donors (Lipinski definition) is 0. The number of benzene rings is 4. The fourth-order valence-electron chi connectivity index (χ4n) is 6.08. The standard InChI is InChI=1S/C45H56O6/c1-3-38(44(46)50-42-30-26-40(27-31-42)48-34-36-20-14-12-15-21-36)24-18-10-8-6-5-7-9-11-19-25-39(4-2)45(47)51-43-32-28-41(29-33-43)49-35-37-22-16-13-17-23-37/h12-17,20-23,26-33,38-39H,3-11,18-19,24-25,34-35H2,1-2H3/t38-,39-/m0/s1. The molecule has 0 amide bonds. The number of carbonyl (C=O) groups is 2. The summed E-state index contributed by atoms with van der Waals surface area (Å²) in [4.78, 5) is 25.6. The van der Waals surface area contributed by atoms with Crippen molar-refractivity contribution in [2.24, 2.45) is 11.8 Å². The third-order valence-electron chi connectivity index (χ3n) is 9.34. The number of ether oxygens (including phenoxy) is 4. The van der Waals surface area contributed by atoms with Crippen molar-refractivity contribution in [1.82, 2.24) is 0 Å². The lowest BCUT2D eigenvalue weighted by Gasteiger charge is -2.14. The molecular weight excluding hydrogens is 636 g/mol. The summed E-state index contributed by atoms with van der Waals surface area (Å²) in [6.07, 6.45) is 13.7. The Kier molecular flexibility index (Phi) is 17.7. The molecule has 4 aromatic carbocycles. The second-order valence-corrected chi connectivity index (χ2v) is 13.3. The van der Waals surface area contributed by atoms with Crippen LogP contribution in [-0.2, 0) is 22.8 Å². The van der Waals surface area contributed by atoms with Crippen molar-refractivity contribution in [1.29, 1.82) is 0 Å². The molecule has 0 aliphatic rings. The third kappa shape index (κ3) is 15.1. The van der Waals surface area contributed by atoms with E-state index in [1.807, 2.05) is 84.9 Å². The minimum absolute atomic E-state index is 0.0754. The summed E-state index contributed by atoms with van der Waals surface area (Å²) >= 11 is 0. The molecule has 6 nitrogen and oxygen atoms in total. The van der Waals surface area contributed by atoms with Crippen molar-refractivity contribution < 1.29 is 28.5 Å². The highest BCUT2D eigenvalue weighted by Crippen LogP contribution is 2.24. The molecule has 0 fully saturated rings. The van der Waals surface area contributed by atoms with Crippen LogP contribution in [-0.4, -0.2) is 11.9 Å². The topological polar surface area (TPSA) is 71.1 Å². The maximum absolute atomic E-state index is 12.8. The van der Waals surface area contributed by atoms with Crippen LogP contribution in [0.2, 0.25) is 0 Å². The number of esters is 2. The molecule has 2 atom stereocenters. The average molecular weight is 693 g/mol. The van der Waals surface area contributed by atoms with Gasteiger partial charge in [-0.25, -0.2) is 0 Å². The lowest BCUT2D eigenvalue weighted by molar-refractivity contribution is -0.140. The molecule has 6 heteroatoms. The fourth-order valence-corrected chi connectivity index (χ4v) is 6.08. The van der Waals surface area contributed by atoms with Crippen molar-refractivity contribution in [2.75, 3.05) is 0 Å². The smallest absolute Gasteiger partial charge is 0.314 e. The zero-order valence-electron chi connectivity index (χ0n) is 30.6. The molecule has 0 unspecified atom stereocenters. The van der Waals surface area contributed by atoms with Crippen LogP contribution < -0.4 is 18.9 Å². The Morgan fingerprint density at radius 2 is 0.745 bits per heavy atom. The van der Waals surface area contributed by atoms with E-state index < -0.39 is 0 Å². The normalized spacial score (nSPS) is 12.1. The Labute approximate surface area is 305 Å². The Bertz CT molecular complexity index is 1400. The number of hydrogen-bond acceptors (Lipinski definition) is 6. The average Bonchev–Trinajstić information content (AvgIpc) is 3.17. The van der Waals surface area contributed by atoms with Gasteiger partial charge in [-0.2, -0.15) is 0 Å². The molecule has 0 aliphatic heterocycles. The highest BCUT2D eigenvalue weighted by molar-refractivity contribution is 5.75. The van der Waals surface area contributed by atoms with E-state index in [2.05, 4.69) is 13.8 Å². The van der Waals surface area contributed by atoms with Gasteiger partial charge in [0, 0.05) is 0 Å². The van der Waals surface area contributed by atoms with E-state index in [9.17, 15) is 9.59 Å². The molecule has 0 N–H and O–H groups in total. The van der Waals surface area contributed by atoms with Crippen LogP contribution in [0.4, 0.5) is 0 Å². The van der Waals surface area contributed by atoms with E-state index in [4.69, 9.17) is 18.9 Å². The molecule has 272 valence electrons. The number of carbonyl (C=O) groups excluding carboxylic acids is 2. The minimum atomic E-state index is -0.145. The molecule has 4 aromatic rings. The zero-order chi connectivity index (χ0) is 35.9. The van der Waals surface area contributed by atoms with Gasteiger partial charge in [-0.1, -0.05) is 132 Å². The Morgan fingerprint density at radius 1 is 0.431 bits per heavy atom. The van der Waals surface area contributed by atoms with E-state index in [1.165, 1.54) is 32.1 Å². The van der Waals surface area contributed by atoms with E-state index in [0.717, 1.165) is 74.0 Å².